The van der Waals surface area contributed by atoms with Gasteiger partial charge in [0.1, 0.15) is 0 Å². The zero-order chi connectivity index (χ0) is 15.8. The van der Waals surface area contributed by atoms with E-state index in [0.29, 0.717) is 6.61 Å². The quantitative estimate of drug-likeness (QED) is 0.161. The molecule has 136 valence electrons. The molecule has 1 atom stereocenters. The van der Waals surface area contributed by atoms with Crippen molar-refractivity contribution in [2.45, 2.75) is 90.9 Å². The molecule has 0 aliphatic carbocycles. The normalized spacial score (nSPS) is 13.0. The van der Waals surface area contributed by atoms with E-state index < -0.39 is 5.69 Å². The van der Waals surface area contributed by atoms with Gasteiger partial charge in [-0.1, -0.05) is 89.4 Å². The van der Waals surface area contributed by atoms with E-state index in [9.17, 15) is 4.89 Å². The molecule has 0 spiro atoms. The fourth-order valence-electron chi connectivity index (χ4n) is 2.16. The molecule has 0 rings (SSSR count). The van der Waals surface area contributed by atoms with Crippen molar-refractivity contribution < 1.29 is 28.9 Å². The molecular formula is C16H35O2PS3Zn. The van der Waals surface area contributed by atoms with Crippen molar-refractivity contribution in [1.29, 1.82) is 0 Å². The van der Waals surface area contributed by atoms with Crippen LogP contribution in [-0.2, 0) is 49.3 Å². The van der Waals surface area contributed by atoms with Gasteiger partial charge in [-0.15, -0.1) is 0 Å². The fraction of sp³-hybridized carbons (Fsp3) is 1.00. The third-order valence-corrected chi connectivity index (χ3v) is 7.92. The molecule has 0 saturated heterocycles. The van der Waals surface area contributed by atoms with Crippen LogP contribution in [0, 0.1) is 0 Å². The van der Waals surface area contributed by atoms with Crippen LogP contribution in [0.15, 0.2) is 0 Å². The van der Waals surface area contributed by atoms with Crippen LogP contribution in [0.5, 0.6) is 0 Å². The van der Waals surface area contributed by atoms with E-state index in [-0.39, 0.29) is 33.0 Å². The first-order valence-corrected chi connectivity index (χ1v) is 13.0. The van der Waals surface area contributed by atoms with Gasteiger partial charge in [0, 0.05) is 5.75 Å². The molecule has 0 bridgehead atoms. The summed E-state index contributed by atoms with van der Waals surface area (Å²) in [5.74, 6) is 0.941. The van der Waals surface area contributed by atoms with Crippen molar-refractivity contribution in [2.24, 2.45) is 0 Å². The van der Waals surface area contributed by atoms with Crippen molar-refractivity contribution in [3.63, 3.8) is 0 Å². The van der Waals surface area contributed by atoms with Crippen LogP contribution in [0.2, 0.25) is 0 Å². The predicted octanol–water partition coefficient (Wildman–Crippen LogP) is 6.67. The van der Waals surface area contributed by atoms with Crippen molar-refractivity contribution in [1.82, 2.24) is 0 Å². The number of hydrogen-bond acceptors (Lipinski definition) is 3. The second kappa shape index (κ2) is 21.9. The molecule has 0 aliphatic rings. The van der Waals surface area contributed by atoms with E-state index in [4.69, 9.17) is 16.3 Å². The first kappa shape index (κ1) is 29.6. The molecule has 2 nitrogen and oxygen atoms in total. The van der Waals surface area contributed by atoms with Gasteiger partial charge in [-0.05, 0) is 24.6 Å². The number of unbranched alkanes of at least 4 members (excludes halogenated alkanes) is 10. The third kappa shape index (κ3) is 23.9. The predicted molar refractivity (Wildman–Crippen MR) is 109 cm³/mol. The Labute approximate surface area is 173 Å². The molecule has 0 aromatic carbocycles. The van der Waals surface area contributed by atoms with Gasteiger partial charge in [0.15, 0.2) is 0 Å². The Kier molecular flexibility index (Phi) is 28.3. The van der Waals surface area contributed by atoms with Crippen LogP contribution in [0.4, 0.5) is 0 Å². The Morgan fingerprint density at radius 2 is 1.26 bits per heavy atom. The summed E-state index contributed by atoms with van der Waals surface area (Å²) in [4.78, 5) is 10.1. The minimum atomic E-state index is -2.57. The van der Waals surface area contributed by atoms with Crippen LogP contribution in [-0.4, -0.2) is 17.3 Å². The van der Waals surface area contributed by atoms with Gasteiger partial charge >= 0.3 is 19.5 Å². The molecule has 1 N–H and O–H groups in total. The van der Waals surface area contributed by atoms with Gasteiger partial charge < -0.3 is 22.9 Å². The smallest absolute Gasteiger partial charge is 2.00 e. The standard InChI is InChI=1S/C16H35O2PS2.S.Zn/c1-3-5-7-9-11-13-15-18-19(17,20)21-16-14-12-10-8-6-4-2;;/h3-16H2,1-2H3,(H,17,20);;/q;-2;+2. The monoisotopic (exact) mass is 450 g/mol. The van der Waals surface area contributed by atoms with Crippen LogP contribution in [0.3, 0.4) is 0 Å². The first-order valence-electron chi connectivity index (χ1n) is 8.74. The Morgan fingerprint density at radius 3 is 1.78 bits per heavy atom. The summed E-state index contributed by atoms with van der Waals surface area (Å²) in [6.45, 7) is 5.09. The van der Waals surface area contributed by atoms with E-state index in [2.05, 4.69) is 13.8 Å². The van der Waals surface area contributed by atoms with Crippen molar-refractivity contribution in [3.05, 3.63) is 0 Å². The minimum Gasteiger partial charge on any atom is -2.00 e. The van der Waals surface area contributed by atoms with E-state index >= 15 is 0 Å². The van der Waals surface area contributed by atoms with Crippen LogP contribution in [0.1, 0.15) is 90.9 Å². The van der Waals surface area contributed by atoms with Crippen molar-refractivity contribution >= 4 is 42.4 Å². The Morgan fingerprint density at radius 1 is 0.826 bits per heavy atom. The Hall–Kier alpha value is 1.89. The van der Waals surface area contributed by atoms with Gasteiger partial charge in [0.2, 0.25) is 5.69 Å². The molecule has 0 aromatic heterocycles. The number of rotatable bonds is 16. The van der Waals surface area contributed by atoms with Gasteiger partial charge in [-0.25, -0.2) is 0 Å². The number of hydrogen-bond donors (Lipinski definition) is 1. The van der Waals surface area contributed by atoms with E-state index in [1.165, 1.54) is 75.6 Å². The van der Waals surface area contributed by atoms with Crippen molar-refractivity contribution in [3.8, 4) is 0 Å². The van der Waals surface area contributed by atoms with Gasteiger partial charge in [0.05, 0.1) is 6.61 Å². The summed E-state index contributed by atoms with van der Waals surface area (Å²) in [5, 5.41) is 0. The maximum absolute atomic E-state index is 10.1. The second-order valence-electron chi connectivity index (χ2n) is 5.67. The molecule has 0 heterocycles. The topological polar surface area (TPSA) is 29.5 Å². The molecule has 0 aliphatic heterocycles. The molecule has 7 heteroatoms. The van der Waals surface area contributed by atoms with Gasteiger partial charge in [-0.3, -0.25) is 0 Å². The van der Waals surface area contributed by atoms with E-state index in [0.717, 1.165) is 18.6 Å². The summed E-state index contributed by atoms with van der Waals surface area (Å²) in [6, 6.07) is 0. The molecule has 23 heavy (non-hydrogen) atoms. The maximum atomic E-state index is 10.1. The van der Waals surface area contributed by atoms with Crippen LogP contribution in [0.25, 0.3) is 0 Å². The Balaban J connectivity index is -0.00000200. The maximum Gasteiger partial charge on any atom is 2.00 e. The van der Waals surface area contributed by atoms with Gasteiger partial charge in [0.25, 0.3) is 0 Å². The fourth-order valence-corrected chi connectivity index (χ4v) is 5.58. The zero-order valence-corrected chi connectivity index (χ0v) is 21.4. The molecule has 0 fully saturated rings. The third-order valence-electron chi connectivity index (χ3n) is 3.50. The zero-order valence-electron chi connectivity index (χ0n) is 15.1. The molecule has 0 aromatic rings. The largest absolute Gasteiger partial charge is 2.00 e. The molecular weight excluding hydrogens is 417 g/mol. The molecule has 0 amide bonds. The van der Waals surface area contributed by atoms with Gasteiger partial charge in [-0.2, -0.15) is 0 Å². The summed E-state index contributed by atoms with van der Waals surface area (Å²) in [7, 11) is 0. The summed E-state index contributed by atoms with van der Waals surface area (Å²) < 4.78 is 5.53. The summed E-state index contributed by atoms with van der Waals surface area (Å²) in [5.41, 5.74) is -2.57. The SMILES string of the molecule is CCCCCCCCOP(O)(=S)SCCCCCCCC.[S-2].[Zn+2]. The average molecular weight is 452 g/mol. The molecule has 0 saturated carbocycles. The average Bonchev–Trinajstić information content (AvgIpc) is 2.45. The second-order valence-corrected chi connectivity index (χ2v) is 12.0. The van der Waals surface area contributed by atoms with Crippen LogP contribution >= 0.6 is 17.1 Å². The summed E-state index contributed by atoms with van der Waals surface area (Å²) in [6.07, 6.45) is 15.1. The Bertz CT molecular complexity index is 250. The summed E-state index contributed by atoms with van der Waals surface area (Å²) >= 11 is 6.66. The minimum absolute atomic E-state index is 0. The van der Waals surface area contributed by atoms with Crippen LogP contribution < -0.4 is 0 Å². The first-order chi connectivity index (χ1) is 10.1. The van der Waals surface area contributed by atoms with E-state index in [1.807, 2.05) is 0 Å². The molecule has 0 radical (unpaired) electrons. The van der Waals surface area contributed by atoms with Crippen molar-refractivity contribution in [2.75, 3.05) is 12.4 Å². The molecule has 1 unspecified atom stereocenters. The van der Waals surface area contributed by atoms with E-state index in [1.54, 1.807) is 0 Å².